The van der Waals surface area contributed by atoms with Crippen LogP contribution in [0.15, 0.2) is 36.4 Å². The van der Waals surface area contributed by atoms with Crippen molar-refractivity contribution in [2.45, 2.75) is 51.5 Å². The highest BCUT2D eigenvalue weighted by Crippen LogP contribution is 2.26. The molecular formula is C20H24N4O. The molecule has 0 radical (unpaired) electrons. The van der Waals surface area contributed by atoms with E-state index in [9.17, 15) is 4.79 Å². The van der Waals surface area contributed by atoms with Crippen molar-refractivity contribution >= 4 is 11.6 Å². The summed E-state index contributed by atoms with van der Waals surface area (Å²) in [6, 6.07) is 7.98. The number of aromatic nitrogens is 3. The highest BCUT2D eigenvalue weighted by Gasteiger charge is 2.20. The van der Waals surface area contributed by atoms with Crippen LogP contribution in [0.25, 0.3) is 11.4 Å². The lowest BCUT2D eigenvalue weighted by atomic mass is 9.93. The van der Waals surface area contributed by atoms with Gasteiger partial charge in [0.15, 0.2) is 5.82 Å². The molecule has 2 aromatic rings. The third-order valence-electron chi connectivity index (χ3n) is 5.14. The fourth-order valence-corrected chi connectivity index (χ4v) is 3.71. The van der Waals surface area contributed by atoms with Crippen LogP contribution in [0.2, 0.25) is 0 Å². The first-order chi connectivity index (χ1) is 12.3. The standard InChI is InChI=1S/C20H24N4O/c25-20(15-8-3-1-4-9-15)21-17-11-7-10-16(14-17)19-23-22-18-12-5-2-6-13-24(18)19/h1,3,7,10-11,14-15H,2,4-6,8-9,12-13H2,(H,21,25). The van der Waals surface area contributed by atoms with Crippen LogP contribution in [0, 0.1) is 5.92 Å². The third kappa shape index (κ3) is 3.50. The Balaban J connectivity index is 1.55. The van der Waals surface area contributed by atoms with Gasteiger partial charge in [-0.1, -0.05) is 30.7 Å². The maximum Gasteiger partial charge on any atom is 0.227 e. The van der Waals surface area contributed by atoms with Crippen LogP contribution >= 0.6 is 0 Å². The van der Waals surface area contributed by atoms with Gasteiger partial charge in [0.05, 0.1) is 0 Å². The number of carbonyl (C=O) groups excluding carboxylic acids is 1. The number of allylic oxidation sites excluding steroid dienone is 2. The third-order valence-corrected chi connectivity index (χ3v) is 5.14. The van der Waals surface area contributed by atoms with Crippen molar-refractivity contribution in [1.29, 1.82) is 0 Å². The summed E-state index contributed by atoms with van der Waals surface area (Å²) in [5.41, 5.74) is 1.85. The first-order valence-corrected chi connectivity index (χ1v) is 9.29. The molecule has 1 aromatic heterocycles. The lowest BCUT2D eigenvalue weighted by Gasteiger charge is -2.17. The molecule has 0 bridgehead atoms. The van der Waals surface area contributed by atoms with Gasteiger partial charge >= 0.3 is 0 Å². The average Bonchev–Trinajstić information content (AvgIpc) is 2.91. The Morgan fingerprint density at radius 2 is 2.12 bits per heavy atom. The van der Waals surface area contributed by atoms with Gasteiger partial charge in [-0.2, -0.15) is 0 Å². The van der Waals surface area contributed by atoms with Gasteiger partial charge in [0.1, 0.15) is 5.82 Å². The number of aryl methyl sites for hydroxylation is 1. The van der Waals surface area contributed by atoms with Crippen molar-refractivity contribution in [3.63, 3.8) is 0 Å². The lowest BCUT2D eigenvalue weighted by molar-refractivity contribution is -0.120. The van der Waals surface area contributed by atoms with Gasteiger partial charge in [-0.3, -0.25) is 4.79 Å². The quantitative estimate of drug-likeness (QED) is 0.863. The molecule has 2 heterocycles. The SMILES string of the molecule is O=C(Nc1cccc(-c2nnc3n2CCCCC3)c1)C1CC=CCC1. The Kier molecular flexibility index (Phi) is 4.63. The van der Waals surface area contributed by atoms with E-state index in [4.69, 9.17) is 0 Å². The number of rotatable bonds is 3. The summed E-state index contributed by atoms with van der Waals surface area (Å²) in [6.45, 7) is 0.975. The Labute approximate surface area is 148 Å². The Morgan fingerprint density at radius 1 is 1.16 bits per heavy atom. The number of anilines is 1. The van der Waals surface area contributed by atoms with Gasteiger partial charge < -0.3 is 9.88 Å². The molecule has 1 aliphatic heterocycles. The Bertz CT molecular complexity index is 793. The van der Waals surface area contributed by atoms with E-state index in [1.165, 1.54) is 19.3 Å². The number of fused-ring (bicyclic) bond motifs is 1. The molecule has 2 aliphatic rings. The number of benzene rings is 1. The van der Waals surface area contributed by atoms with Crippen LogP contribution in [-0.2, 0) is 17.8 Å². The molecule has 0 spiro atoms. The van der Waals surface area contributed by atoms with Crippen LogP contribution in [-0.4, -0.2) is 20.7 Å². The zero-order valence-corrected chi connectivity index (χ0v) is 14.4. The predicted molar refractivity (Wildman–Crippen MR) is 98.1 cm³/mol. The van der Waals surface area contributed by atoms with Crippen LogP contribution < -0.4 is 5.32 Å². The van der Waals surface area contributed by atoms with Crippen LogP contribution in [0.5, 0.6) is 0 Å². The summed E-state index contributed by atoms with van der Waals surface area (Å²) in [5, 5.41) is 11.9. The second-order valence-electron chi connectivity index (χ2n) is 6.95. The van der Waals surface area contributed by atoms with Gasteiger partial charge in [0, 0.05) is 30.1 Å². The van der Waals surface area contributed by atoms with Crippen molar-refractivity contribution in [2.24, 2.45) is 5.92 Å². The molecule has 25 heavy (non-hydrogen) atoms. The van der Waals surface area contributed by atoms with E-state index >= 15 is 0 Å². The number of hydrogen-bond acceptors (Lipinski definition) is 3. The summed E-state index contributed by atoms with van der Waals surface area (Å²) >= 11 is 0. The minimum atomic E-state index is 0.0815. The molecule has 1 aromatic carbocycles. The van der Waals surface area contributed by atoms with Crippen molar-refractivity contribution in [2.75, 3.05) is 5.32 Å². The van der Waals surface area contributed by atoms with E-state index in [1.807, 2.05) is 24.3 Å². The molecule has 0 saturated heterocycles. The van der Waals surface area contributed by atoms with Gasteiger partial charge in [-0.15, -0.1) is 10.2 Å². The molecular weight excluding hydrogens is 312 g/mol. The van der Waals surface area contributed by atoms with Crippen LogP contribution in [0.4, 0.5) is 5.69 Å². The highest BCUT2D eigenvalue weighted by atomic mass is 16.1. The number of amides is 1. The van der Waals surface area contributed by atoms with Gasteiger partial charge in [0.25, 0.3) is 0 Å². The maximum atomic E-state index is 12.5. The Hall–Kier alpha value is -2.43. The van der Waals surface area contributed by atoms with Crippen molar-refractivity contribution < 1.29 is 4.79 Å². The second kappa shape index (κ2) is 7.21. The first-order valence-electron chi connectivity index (χ1n) is 9.29. The zero-order chi connectivity index (χ0) is 17.1. The van der Waals surface area contributed by atoms with Gasteiger partial charge in [-0.05, 0) is 44.2 Å². The summed E-state index contributed by atoms with van der Waals surface area (Å²) in [5.74, 6) is 2.18. The maximum absolute atomic E-state index is 12.5. The highest BCUT2D eigenvalue weighted by molar-refractivity contribution is 5.93. The molecule has 4 rings (SSSR count). The summed E-state index contributed by atoms with van der Waals surface area (Å²) in [7, 11) is 0. The van der Waals surface area contributed by atoms with Crippen LogP contribution in [0.1, 0.15) is 44.3 Å². The van der Waals surface area contributed by atoms with Crippen molar-refractivity contribution in [3.8, 4) is 11.4 Å². The van der Waals surface area contributed by atoms with E-state index in [-0.39, 0.29) is 11.8 Å². The number of nitrogens with one attached hydrogen (secondary N) is 1. The molecule has 0 saturated carbocycles. The molecule has 130 valence electrons. The smallest absolute Gasteiger partial charge is 0.227 e. The number of hydrogen-bond donors (Lipinski definition) is 1. The summed E-state index contributed by atoms with van der Waals surface area (Å²) < 4.78 is 2.24. The minimum Gasteiger partial charge on any atom is -0.326 e. The fourth-order valence-electron chi connectivity index (χ4n) is 3.71. The molecule has 5 nitrogen and oxygen atoms in total. The van der Waals surface area contributed by atoms with E-state index < -0.39 is 0 Å². The number of nitrogens with zero attached hydrogens (tertiary/aromatic N) is 3. The minimum absolute atomic E-state index is 0.0815. The molecule has 0 fully saturated rings. The van der Waals surface area contributed by atoms with E-state index in [1.54, 1.807) is 0 Å². The molecule has 1 atom stereocenters. The van der Waals surface area contributed by atoms with E-state index in [0.29, 0.717) is 0 Å². The van der Waals surface area contributed by atoms with Gasteiger partial charge in [0.2, 0.25) is 5.91 Å². The molecule has 5 heteroatoms. The zero-order valence-electron chi connectivity index (χ0n) is 14.4. The molecule has 1 aliphatic carbocycles. The van der Waals surface area contributed by atoms with E-state index in [0.717, 1.165) is 55.1 Å². The first kappa shape index (κ1) is 16.1. The normalized spacial score (nSPS) is 19.9. The van der Waals surface area contributed by atoms with Crippen LogP contribution in [0.3, 0.4) is 0 Å². The van der Waals surface area contributed by atoms with Crippen molar-refractivity contribution in [3.05, 3.63) is 42.2 Å². The van der Waals surface area contributed by atoms with Gasteiger partial charge in [-0.25, -0.2) is 0 Å². The van der Waals surface area contributed by atoms with E-state index in [2.05, 4.69) is 32.2 Å². The lowest BCUT2D eigenvalue weighted by Crippen LogP contribution is -2.23. The summed E-state index contributed by atoms with van der Waals surface area (Å²) in [6.07, 6.45) is 11.6. The molecule has 1 amide bonds. The topological polar surface area (TPSA) is 59.8 Å². The predicted octanol–water partition coefficient (Wildman–Crippen LogP) is 3.97. The number of carbonyl (C=O) groups is 1. The molecule has 1 N–H and O–H groups in total. The fraction of sp³-hybridized carbons (Fsp3) is 0.450. The van der Waals surface area contributed by atoms with Crippen molar-refractivity contribution in [1.82, 2.24) is 14.8 Å². The monoisotopic (exact) mass is 336 g/mol. The summed E-state index contributed by atoms with van der Waals surface area (Å²) in [4.78, 5) is 12.5. The average molecular weight is 336 g/mol. The molecule has 1 unspecified atom stereocenters. The Morgan fingerprint density at radius 3 is 3.00 bits per heavy atom. The largest absolute Gasteiger partial charge is 0.326 e. The second-order valence-corrected chi connectivity index (χ2v) is 6.95.